The lowest BCUT2D eigenvalue weighted by Crippen LogP contribution is -2.63. The van der Waals surface area contributed by atoms with E-state index < -0.39 is 91.8 Å². The minimum atomic E-state index is -3.35. The molecule has 4 aliphatic heterocycles. The Morgan fingerprint density at radius 3 is 1.49 bits per heavy atom. The molecule has 1 unspecified atom stereocenters. The van der Waals surface area contributed by atoms with Crippen molar-refractivity contribution < 1.29 is 48.8 Å². The van der Waals surface area contributed by atoms with E-state index in [2.05, 4.69) is 193 Å². The standard InChI is InChI=1S/C24H31N7O3SSi.C20H35BN2O2Si.C19H18N6O2S.C17H21N5OSi.C12H18ClN3OSi.C7H10N2O2S/c1-6-35(32,33)31-15-24(16-31,8-9-25)30-13-20(21(14-30)26-2)22-19-7-10-29(23(19)28-17-27-22)18-34-11-12-36(3,4)5;1-14(2)26(15(3)4,16(5)6)23-12-17(11-22)18(13-23)21-24-19(7,8)20(9,10)25-21;1-3-28(26,27)25-10-19(11-25,5-6-20)13-8-15(16(9-13)21-2)17-14-4-7-22-18(14)24-12-23-17;1-18-15-10-19-9-14(15)16-13-5-6-22(17(13)21-11-20-16)12-23-7-8-24(2,3)4;1-18(2,3)7-6-17-9-16-5-4-10-11(13)14-8-15-12(10)16;1-2-12(10,11)9-5-7(6-9)3-4-8/h7,10,13-14,17H,6,8,11-12,15-16,18H2,1,3-5H3;12-16H,1-10H3;4,7-9,12-13H,3,5,10-11H2,1H3,(H,22,23,24);5-6,9-11,19H,7-8,12H2,2-4H3;4-5,8H,6-7,9H2,1-3H3;3H,2,5-6H2,1H3. The fourth-order valence-corrected chi connectivity index (χ4v) is 30.8. The van der Waals surface area contributed by atoms with Crippen molar-refractivity contribution in [1.29, 1.82) is 21.0 Å². The molecule has 5 aliphatic rings. The van der Waals surface area contributed by atoms with Crippen LogP contribution >= 0.6 is 11.6 Å². The maximum Gasteiger partial charge on any atom is 0.497 e. The van der Waals surface area contributed by atoms with Crippen molar-refractivity contribution in [3.63, 3.8) is 0 Å². The molecule has 45 heteroatoms. The van der Waals surface area contributed by atoms with E-state index in [4.69, 9.17) is 60.1 Å². The van der Waals surface area contributed by atoms with Gasteiger partial charge in [0, 0.05) is 189 Å². The van der Waals surface area contributed by atoms with Crippen LogP contribution in [0.3, 0.4) is 0 Å². The molecule has 15 heterocycles. The van der Waals surface area contributed by atoms with Crippen molar-refractivity contribution >= 4 is 148 Å². The number of hydrogen-bond donors (Lipinski definition) is 2. The summed E-state index contributed by atoms with van der Waals surface area (Å²) in [6.07, 6.45) is 30.3. The van der Waals surface area contributed by atoms with Gasteiger partial charge in [-0.25, -0.2) is 84.0 Å². The number of halogens is 1. The molecule has 0 spiro atoms. The molecule has 0 radical (unpaired) electrons. The van der Waals surface area contributed by atoms with E-state index in [1.165, 1.54) is 50.3 Å². The predicted molar refractivity (Wildman–Crippen MR) is 575 cm³/mol. The Balaban J connectivity index is 0.000000169. The summed E-state index contributed by atoms with van der Waals surface area (Å²) in [6.45, 7) is 76.0. The summed E-state index contributed by atoms with van der Waals surface area (Å²) in [5, 5.41) is 40.8. The van der Waals surface area contributed by atoms with Crippen LogP contribution in [-0.4, -0.2) is 238 Å². The Kier molecular flexibility index (Phi) is 36.6. The number of aromatic nitrogens is 15. The van der Waals surface area contributed by atoms with E-state index in [-0.39, 0.29) is 62.2 Å². The molecule has 11 aromatic rings. The molecular formula is C99H133BClN25O11S3Si4. The number of aromatic amines is 2. The Hall–Kier alpha value is -11.3. The number of sulfonamides is 3. The summed E-state index contributed by atoms with van der Waals surface area (Å²) in [5.41, 5.74) is 10.7. The lowest BCUT2D eigenvalue weighted by atomic mass is 9.69. The zero-order valence-electron chi connectivity index (χ0n) is 86.5. The van der Waals surface area contributed by atoms with Gasteiger partial charge in [-0.05, 0) is 131 Å². The van der Waals surface area contributed by atoms with Crippen molar-refractivity contribution in [3.8, 4) is 46.8 Å². The molecule has 2 N–H and O–H groups in total. The minimum absolute atomic E-state index is 0.0115. The second-order valence-electron chi connectivity index (χ2n) is 42.2. The van der Waals surface area contributed by atoms with Gasteiger partial charge in [0.15, 0.2) is 13.9 Å². The van der Waals surface area contributed by atoms with Gasteiger partial charge in [-0.2, -0.15) is 29.7 Å². The number of fused-ring (bicyclic) bond motifs is 4. The van der Waals surface area contributed by atoms with E-state index in [9.17, 15) is 41.0 Å². The van der Waals surface area contributed by atoms with Gasteiger partial charge in [-0.3, -0.25) is 0 Å². The average Bonchev–Trinajstić information content (AvgIpc) is 1.47. The number of nitriles is 4. The van der Waals surface area contributed by atoms with Crippen LogP contribution in [0.1, 0.15) is 114 Å². The predicted octanol–water partition coefficient (Wildman–Crippen LogP) is 18.8. The third kappa shape index (κ3) is 25.7. The van der Waals surface area contributed by atoms with E-state index in [0.717, 1.165) is 80.4 Å². The number of nitrogens with one attached hydrogen (secondary N) is 2. The van der Waals surface area contributed by atoms with Gasteiger partial charge in [-0.15, -0.1) is 0 Å². The largest absolute Gasteiger partial charge is 0.497 e. The van der Waals surface area contributed by atoms with Crippen molar-refractivity contribution in [2.75, 3.05) is 76.3 Å². The van der Waals surface area contributed by atoms with Crippen molar-refractivity contribution in [1.82, 2.24) is 85.3 Å². The molecule has 36 nitrogen and oxygen atoms in total. The molecule has 0 bridgehead atoms. The maximum absolute atomic E-state index is 12.3. The summed E-state index contributed by atoms with van der Waals surface area (Å²) < 4.78 is 115. The van der Waals surface area contributed by atoms with Gasteiger partial charge in [0.2, 0.25) is 41.4 Å². The van der Waals surface area contributed by atoms with Crippen molar-refractivity contribution in [2.24, 2.45) is 11.3 Å². The summed E-state index contributed by atoms with van der Waals surface area (Å²) in [6, 6.07) is 19.7. The van der Waals surface area contributed by atoms with Gasteiger partial charge < -0.3 is 56.0 Å². The monoisotopic (exact) mass is 2100 g/mol. The SMILES string of the molecule is CC(C)[Si](C(C)C)(C(C)C)n1cc(C#N)c(B2OC(C)(C)C(C)(C)O2)c1.CCS(=O)(=O)N1CC(=CC#N)C1.C[Si](C)(C)CCOCn1ccc2c(Cl)ncnc21.[C-]#[N+]C1=CC(C2(CC#N)CN(S(=O)(=O)CC)C2)C=C1c1ncnc2[nH]ccc12.[C-]#[N+]c1c[nH]cc1-c1ncnc2c1ccn2COCC[Si](C)(C)C.[C-]#[N+]c1cn(C2(CC#N)CN(S(=O)(=O)CC)C2)cc1-c1ncnc2c1ccn2COCC[Si](C)(C)C. The number of allylic oxidation sites excluding steroid dienone is 4. The van der Waals surface area contributed by atoms with Crippen molar-refractivity contribution in [2.45, 2.75) is 233 Å². The summed E-state index contributed by atoms with van der Waals surface area (Å²) in [4.78, 5) is 51.4. The molecule has 11 aromatic heterocycles. The molecule has 16 rings (SSSR count). The molecule has 4 saturated heterocycles. The van der Waals surface area contributed by atoms with Gasteiger partial charge in [0.1, 0.15) is 79.3 Å². The Morgan fingerprint density at radius 2 is 1.02 bits per heavy atom. The Morgan fingerprint density at radius 1 is 0.556 bits per heavy atom. The van der Waals surface area contributed by atoms with Gasteiger partial charge in [-0.1, -0.05) is 124 Å². The molecule has 1 aliphatic carbocycles. The van der Waals surface area contributed by atoms with Crippen LogP contribution in [0.15, 0.2) is 141 Å². The van der Waals surface area contributed by atoms with E-state index in [1.54, 1.807) is 45.6 Å². The molecular weight excluding hydrogens is 1970 g/mol. The smallest absolute Gasteiger partial charge is 0.399 e. The van der Waals surface area contributed by atoms with Crippen LogP contribution < -0.4 is 5.46 Å². The van der Waals surface area contributed by atoms with E-state index in [0.29, 0.717) is 118 Å². The number of H-pyrrole nitrogens is 2. The van der Waals surface area contributed by atoms with E-state index in [1.807, 2.05) is 119 Å². The lowest BCUT2D eigenvalue weighted by molar-refractivity contribution is 0.00578. The number of hydrogen-bond acceptors (Lipinski definition) is 23. The first-order chi connectivity index (χ1) is 67.8. The lowest BCUT2D eigenvalue weighted by Gasteiger charge is -2.50. The van der Waals surface area contributed by atoms with E-state index >= 15 is 0 Å². The van der Waals surface area contributed by atoms with Crippen molar-refractivity contribution in [3.05, 3.63) is 192 Å². The first-order valence-electron chi connectivity index (χ1n) is 48.1. The molecule has 0 amide bonds. The molecule has 144 heavy (non-hydrogen) atoms. The van der Waals surface area contributed by atoms with Crippen LogP contribution in [-0.2, 0) is 79.3 Å². The van der Waals surface area contributed by atoms with Crippen LogP contribution in [0.5, 0.6) is 0 Å². The quantitative estimate of drug-likeness (QED) is 0.0127. The van der Waals surface area contributed by atoms with Crippen LogP contribution in [0.4, 0.5) is 11.4 Å². The molecule has 764 valence electrons. The average molecular weight is 2100 g/mol. The van der Waals surface area contributed by atoms with Gasteiger partial charge in [0.25, 0.3) is 0 Å². The highest BCUT2D eigenvalue weighted by Crippen LogP contribution is 2.51. The Labute approximate surface area is 856 Å². The van der Waals surface area contributed by atoms with Crippen LogP contribution in [0, 0.1) is 76.4 Å². The number of nitrogens with zero attached hydrogens (tertiary/aromatic N) is 23. The summed E-state index contributed by atoms with van der Waals surface area (Å²) in [7, 11) is -15.3. The van der Waals surface area contributed by atoms with Gasteiger partial charge >= 0.3 is 7.12 Å². The molecule has 1 atom stereocenters. The Bertz CT molecular complexity index is 7180. The molecule has 0 saturated carbocycles. The highest BCUT2D eigenvalue weighted by Gasteiger charge is 2.56. The highest BCUT2D eigenvalue weighted by molar-refractivity contribution is 7.89. The third-order valence-corrected chi connectivity index (χ3v) is 44.7. The fraction of sp³-hybridized carbons (Fsp3) is 0.505. The topological polar surface area (TPSA) is 426 Å². The second-order valence-corrected chi connectivity index (χ2v) is 71.9. The summed E-state index contributed by atoms with van der Waals surface area (Å²) >= 11 is 5.99. The molecule has 4 fully saturated rings. The second kappa shape index (κ2) is 46.6. The first-order valence-corrected chi connectivity index (χ1v) is 66.6. The molecule has 0 aromatic carbocycles. The normalized spacial score (nSPS) is 16.7. The first kappa shape index (κ1) is 113. The number of ether oxygens (including phenoxy) is 3. The van der Waals surface area contributed by atoms with Crippen LogP contribution in [0.2, 0.25) is 98.8 Å². The number of rotatable bonds is 33. The van der Waals surface area contributed by atoms with Gasteiger partial charge in [0.05, 0.1) is 106 Å². The van der Waals surface area contributed by atoms with Crippen LogP contribution in [0.25, 0.3) is 86.8 Å². The third-order valence-electron chi connectivity index (χ3n) is 27.3. The summed E-state index contributed by atoms with van der Waals surface area (Å²) in [5.74, 6) is -0.0139. The minimum Gasteiger partial charge on any atom is -0.399 e. The zero-order valence-corrected chi connectivity index (χ0v) is 93.7. The fourth-order valence-electron chi connectivity index (χ4n) is 18.2. The maximum atomic E-state index is 12.3. The zero-order chi connectivity index (χ0) is 106. The highest BCUT2D eigenvalue weighted by atomic mass is 35.5.